The second-order valence-corrected chi connectivity index (χ2v) is 7.69. The lowest BCUT2D eigenvalue weighted by Gasteiger charge is -2.29. The van der Waals surface area contributed by atoms with E-state index < -0.39 is 0 Å². The van der Waals surface area contributed by atoms with Crippen molar-refractivity contribution in [1.29, 1.82) is 0 Å². The molecule has 0 bridgehead atoms. The molecular weight excluding hydrogens is 388 g/mol. The molecule has 3 aromatic rings. The molecular formula is C22H23ClN4O2. The van der Waals surface area contributed by atoms with Crippen molar-refractivity contribution in [2.75, 3.05) is 19.6 Å². The van der Waals surface area contributed by atoms with Gasteiger partial charge >= 0.3 is 0 Å². The molecule has 0 saturated carbocycles. The van der Waals surface area contributed by atoms with E-state index in [1.807, 2.05) is 30.3 Å². The van der Waals surface area contributed by atoms with Gasteiger partial charge < -0.3 is 5.32 Å². The van der Waals surface area contributed by atoms with Gasteiger partial charge in [0.25, 0.3) is 5.56 Å². The zero-order valence-electron chi connectivity index (χ0n) is 16.1. The summed E-state index contributed by atoms with van der Waals surface area (Å²) in [6, 6.07) is 14.9. The van der Waals surface area contributed by atoms with Gasteiger partial charge in [0.05, 0.1) is 23.3 Å². The van der Waals surface area contributed by atoms with Crippen molar-refractivity contribution in [3.8, 4) is 0 Å². The standard InChI is InChI=1S/C22H23ClN4O2/c23-18-9-3-1-7-16(18)20(26-11-5-6-12-26)13-24-21(28)14-27-15-25-19-10-4-2-8-17(19)22(27)29/h1-4,7-10,15,20H,5-6,11-14H2,(H,24,28)/t20-/m0/s1. The summed E-state index contributed by atoms with van der Waals surface area (Å²) in [5.74, 6) is -0.222. The van der Waals surface area contributed by atoms with Gasteiger partial charge in [-0.3, -0.25) is 19.1 Å². The van der Waals surface area contributed by atoms with Gasteiger partial charge in [0.1, 0.15) is 6.54 Å². The Balaban J connectivity index is 1.48. The molecule has 0 radical (unpaired) electrons. The zero-order chi connectivity index (χ0) is 20.2. The quantitative estimate of drug-likeness (QED) is 0.678. The van der Waals surface area contributed by atoms with Gasteiger partial charge in [0.15, 0.2) is 0 Å². The van der Waals surface area contributed by atoms with Crippen LogP contribution in [0.25, 0.3) is 10.9 Å². The van der Waals surface area contributed by atoms with Gasteiger partial charge in [-0.15, -0.1) is 0 Å². The van der Waals surface area contributed by atoms with Crippen LogP contribution in [0.5, 0.6) is 0 Å². The van der Waals surface area contributed by atoms with Gasteiger partial charge in [-0.1, -0.05) is 41.9 Å². The number of hydrogen-bond acceptors (Lipinski definition) is 4. The summed E-state index contributed by atoms with van der Waals surface area (Å²) in [7, 11) is 0. The van der Waals surface area contributed by atoms with Crippen LogP contribution in [0.4, 0.5) is 0 Å². The van der Waals surface area contributed by atoms with Crippen molar-refractivity contribution in [2.45, 2.75) is 25.4 Å². The fourth-order valence-corrected chi connectivity index (χ4v) is 4.14. The summed E-state index contributed by atoms with van der Waals surface area (Å²) >= 11 is 6.43. The molecule has 0 spiro atoms. The highest BCUT2D eigenvalue weighted by Gasteiger charge is 2.25. The highest BCUT2D eigenvalue weighted by atomic mass is 35.5. The SMILES string of the molecule is O=C(Cn1cnc2ccccc2c1=O)NC[C@@H](c1ccccc1Cl)N1CCCC1. The fourth-order valence-electron chi connectivity index (χ4n) is 3.87. The molecule has 1 aromatic heterocycles. The average Bonchev–Trinajstić information content (AvgIpc) is 3.26. The van der Waals surface area contributed by atoms with E-state index in [1.165, 1.54) is 10.9 Å². The van der Waals surface area contributed by atoms with E-state index >= 15 is 0 Å². The fraction of sp³-hybridized carbons (Fsp3) is 0.318. The molecule has 1 aliphatic heterocycles. The Kier molecular flexibility index (Phi) is 5.92. The van der Waals surface area contributed by atoms with E-state index in [0.717, 1.165) is 31.5 Å². The van der Waals surface area contributed by atoms with Crippen molar-refractivity contribution >= 4 is 28.4 Å². The lowest BCUT2D eigenvalue weighted by atomic mass is 10.1. The number of rotatable bonds is 6. The van der Waals surface area contributed by atoms with Crippen molar-refractivity contribution < 1.29 is 4.79 Å². The molecule has 1 amide bonds. The summed E-state index contributed by atoms with van der Waals surface area (Å²) < 4.78 is 1.35. The molecule has 1 N–H and O–H groups in total. The van der Waals surface area contributed by atoms with Gasteiger partial charge in [0.2, 0.25) is 5.91 Å². The van der Waals surface area contributed by atoms with Crippen LogP contribution >= 0.6 is 11.6 Å². The highest BCUT2D eigenvalue weighted by Crippen LogP contribution is 2.29. The van der Waals surface area contributed by atoms with Gasteiger partial charge in [-0.05, 0) is 49.7 Å². The van der Waals surface area contributed by atoms with E-state index in [0.29, 0.717) is 22.5 Å². The smallest absolute Gasteiger partial charge is 0.261 e. The van der Waals surface area contributed by atoms with Crippen LogP contribution in [0.3, 0.4) is 0 Å². The molecule has 1 saturated heterocycles. The summed E-state index contributed by atoms with van der Waals surface area (Å²) in [6.07, 6.45) is 3.72. The first-order valence-electron chi connectivity index (χ1n) is 9.83. The Bertz CT molecular complexity index is 1080. The van der Waals surface area contributed by atoms with E-state index in [9.17, 15) is 9.59 Å². The number of fused-ring (bicyclic) bond motifs is 1. The molecule has 7 heteroatoms. The van der Waals surface area contributed by atoms with Crippen LogP contribution in [0.15, 0.2) is 59.7 Å². The maximum absolute atomic E-state index is 12.6. The number of para-hydroxylation sites is 1. The lowest BCUT2D eigenvalue weighted by Crippen LogP contribution is -2.39. The van der Waals surface area contributed by atoms with Crippen LogP contribution in [0.1, 0.15) is 24.4 Å². The molecule has 29 heavy (non-hydrogen) atoms. The monoisotopic (exact) mass is 410 g/mol. The summed E-state index contributed by atoms with van der Waals surface area (Å²) in [5.41, 5.74) is 1.43. The molecule has 2 aromatic carbocycles. The van der Waals surface area contributed by atoms with Crippen molar-refractivity contribution in [1.82, 2.24) is 19.8 Å². The Morgan fingerprint density at radius 3 is 2.62 bits per heavy atom. The molecule has 0 aliphatic carbocycles. The first-order valence-corrected chi connectivity index (χ1v) is 10.2. The number of nitrogens with zero attached hydrogens (tertiary/aromatic N) is 3. The van der Waals surface area contributed by atoms with Gasteiger partial charge in [-0.25, -0.2) is 4.98 Å². The molecule has 1 atom stereocenters. The van der Waals surface area contributed by atoms with Gasteiger partial charge in [-0.2, -0.15) is 0 Å². The zero-order valence-corrected chi connectivity index (χ0v) is 16.8. The highest BCUT2D eigenvalue weighted by molar-refractivity contribution is 6.31. The topological polar surface area (TPSA) is 67.2 Å². The van der Waals surface area contributed by atoms with Crippen LogP contribution in [-0.4, -0.2) is 40.0 Å². The molecule has 4 rings (SSSR count). The minimum Gasteiger partial charge on any atom is -0.353 e. The number of likely N-dealkylation sites (tertiary alicyclic amines) is 1. The Morgan fingerprint density at radius 2 is 1.83 bits per heavy atom. The maximum Gasteiger partial charge on any atom is 0.261 e. The van der Waals surface area contributed by atoms with Crippen LogP contribution in [0, 0.1) is 0 Å². The summed E-state index contributed by atoms with van der Waals surface area (Å²) in [4.78, 5) is 31.8. The minimum atomic E-state index is -0.222. The predicted octanol–water partition coefficient (Wildman–Crippen LogP) is 3.00. The summed E-state index contributed by atoms with van der Waals surface area (Å²) in [5, 5.41) is 4.19. The van der Waals surface area contributed by atoms with E-state index in [1.54, 1.807) is 18.2 Å². The average molecular weight is 411 g/mol. The predicted molar refractivity (Wildman–Crippen MR) is 114 cm³/mol. The van der Waals surface area contributed by atoms with E-state index in [4.69, 9.17) is 11.6 Å². The number of aromatic nitrogens is 2. The number of halogens is 1. The molecule has 2 heterocycles. The number of carbonyl (C=O) groups excluding carboxylic acids is 1. The summed E-state index contributed by atoms with van der Waals surface area (Å²) in [6.45, 7) is 2.35. The van der Waals surface area contributed by atoms with Crippen LogP contribution in [0.2, 0.25) is 5.02 Å². The molecule has 0 unspecified atom stereocenters. The van der Waals surface area contributed by atoms with Crippen LogP contribution in [-0.2, 0) is 11.3 Å². The third kappa shape index (κ3) is 4.33. The van der Waals surface area contributed by atoms with E-state index in [2.05, 4.69) is 15.2 Å². The van der Waals surface area contributed by atoms with Crippen LogP contribution < -0.4 is 10.9 Å². The second kappa shape index (κ2) is 8.76. The number of benzene rings is 2. The molecule has 1 fully saturated rings. The molecule has 1 aliphatic rings. The number of amides is 1. The minimum absolute atomic E-state index is 0.0154. The van der Waals surface area contributed by atoms with Crippen molar-refractivity contribution in [3.05, 3.63) is 75.8 Å². The first-order chi connectivity index (χ1) is 14.1. The third-order valence-electron chi connectivity index (χ3n) is 5.38. The number of carbonyl (C=O) groups is 1. The van der Waals surface area contributed by atoms with Crippen molar-refractivity contribution in [2.24, 2.45) is 0 Å². The Hall–Kier alpha value is -2.70. The first kappa shape index (κ1) is 19.6. The normalized spacial score (nSPS) is 15.5. The molecule has 150 valence electrons. The third-order valence-corrected chi connectivity index (χ3v) is 5.73. The van der Waals surface area contributed by atoms with Crippen molar-refractivity contribution in [3.63, 3.8) is 0 Å². The Morgan fingerprint density at radius 1 is 1.10 bits per heavy atom. The largest absolute Gasteiger partial charge is 0.353 e. The Labute approximate surface area is 174 Å². The number of hydrogen-bond donors (Lipinski definition) is 1. The van der Waals surface area contributed by atoms with E-state index in [-0.39, 0.29) is 24.1 Å². The lowest BCUT2D eigenvalue weighted by molar-refractivity contribution is -0.122. The second-order valence-electron chi connectivity index (χ2n) is 7.28. The molecule has 6 nitrogen and oxygen atoms in total. The van der Waals surface area contributed by atoms with Gasteiger partial charge in [0, 0.05) is 11.6 Å². The number of nitrogens with one attached hydrogen (secondary N) is 1. The maximum atomic E-state index is 12.6.